The summed E-state index contributed by atoms with van der Waals surface area (Å²) in [5.74, 6) is -3.62. The minimum atomic E-state index is -5.95. The van der Waals surface area contributed by atoms with Gasteiger partial charge in [-0.05, 0) is 109 Å². The Bertz CT molecular complexity index is 3940. The fraction of sp³-hybridized carbons (Fsp3) is 0.397. The maximum Gasteiger partial charge on any atom is 0.399 e. The first-order chi connectivity index (χ1) is 49.6. The predicted octanol–water partition coefficient (Wildman–Crippen LogP) is 7.05. The van der Waals surface area contributed by atoms with Gasteiger partial charge in [0.15, 0.2) is 11.5 Å². The van der Waals surface area contributed by atoms with Gasteiger partial charge in [0.25, 0.3) is 5.91 Å². The molecule has 2 fully saturated rings. The van der Waals surface area contributed by atoms with Crippen molar-refractivity contribution in [2.24, 2.45) is 5.73 Å². The van der Waals surface area contributed by atoms with E-state index in [0.717, 1.165) is 46.5 Å². The van der Waals surface area contributed by atoms with Crippen molar-refractivity contribution in [2.45, 2.75) is 100 Å². The number of ether oxygens (including phenoxy) is 7. The summed E-state index contributed by atoms with van der Waals surface area (Å²) < 4.78 is 109. The minimum absolute atomic E-state index is 0.00945. The minimum Gasteiger partial charge on any atom is -0.491 e. The van der Waals surface area contributed by atoms with Crippen LogP contribution in [0.4, 0.5) is 17.6 Å². The Morgan fingerprint density at radius 2 is 1.28 bits per heavy atom. The fourth-order valence-electron chi connectivity index (χ4n) is 11.7. The summed E-state index contributed by atoms with van der Waals surface area (Å²) in [6.07, 6.45) is -0.383. The Kier molecular flexibility index (Phi) is 28.9. The monoisotopic (exact) mass is 1450 g/mol. The summed E-state index contributed by atoms with van der Waals surface area (Å²) in [5, 5.41) is 22.2. The molecule has 552 valence electrons. The molecule has 9 rings (SSSR count). The molecular weight excluding hydrogens is 1370 g/mol. The van der Waals surface area contributed by atoms with Crippen LogP contribution in [0.15, 0.2) is 152 Å². The first-order valence-electron chi connectivity index (χ1n) is 33.8. The molecule has 0 bridgehead atoms. The van der Waals surface area contributed by atoms with Crippen LogP contribution in [-0.4, -0.2) is 181 Å². The molecule has 7 aromatic rings. The molecule has 0 spiro atoms. The normalized spacial score (nSPS) is 16.2. The highest BCUT2D eigenvalue weighted by Gasteiger charge is 2.51. The Morgan fingerprint density at radius 1 is 0.680 bits per heavy atom. The topological polar surface area (TPSA) is 341 Å². The van der Waals surface area contributed by atoms with E-state index in [4.69, 9.17) is 38.9 Å². The van der Waals surface area contributed by atoms with Gasteiger partial charge in [0.1, 0.15) is 67.1 Å². The molecule has 3 heterocycles. The summed E-state index contributed by atoms with van der Waals surface area (Å²) in [6.45, 7) is 2.82. The average Bonchev–Trinajstić information content (AvgIpc) is 1.68. The third-order valence-corrected chi connectivity index (χ3v) is 18.2. The number of rotatable bonds is 40. The van der Waals surface area contributed by atoms with Crippen LogP contribution in [0, 0.1) is 11.6 Å². The molecule has 1 aromatic heterocycles. The van der Waals surface area contributed by atoms with Crippen molar-refractivity contribution < 1.29 is 98.9 Å². The molecule has 2 saturated heterocycles. The van der Waals surface area contributed by atoms with Gasteiger partial charge in [-0.15, -0.1) is 0 Å². The molecule has 5 atom stereocenters. The largest absolute Gasteiger partial charge is 0.491 e. The molecule has 2 unspecified atom stereocenters. The van der Waals surface area contributed by atoms with E-state index in [9.17, 15) is 61.0 Å². The number of carbonyl (C=O) groups excluding carboxylic acids is 6. The van der Waals surface area contributed by atoms with E-state index in [1.807, 2.05) is 60.7 Å². The van der Waals surface area contributed by atoms with E-state index >= 15 is 4.79 Å². The Balaban J connectivity index is 0.695. The van der Waals surface area contributed by atoms with Gasteiger partial charge in [-0.3, -0.25) is 33.3 Å². The van der Waals surface area contributed by atoms with E-state index in [1.165, 1.54) is 34.1 Å². The lowest BCUT2D eigenvalue weighted by molar-refractivity contribution is -0.145. The van der Waals surface area contributed by atoms with Crippen LogP contribution in [0.25, 0.3) is 10.9 Å². The SMILES string of the molecule is NC(=O)CCC(NC(=O)[C@@H]1CCC2CCN(C(=O)CCCOCCOCCOCCOCCNC[C@@H](O)COc3ccc(OCc4ccc(F)cc4)c(OCc4ccc(F)cc4)c3)C[C@H](NC(=O)c3cc4cc(C(F)(F)P(=O)(O)O)ccc4[nH]3)C(=O)N21)C(=O)NC(c1ccccc1)c1ccccc1. The lowest BCUT2D eigenvalue weighted by Crippen LogP contribution is -2.62. The first kappa shape index (κ1) is 77.9. The molecule has 103 heavy (non-hydrogen) atoms. The van der Waals surface area contributed by atoms with Crippen LogP contribution in [0.5, 0.6) is 17.2 Å². The van der Waals surface area contributed by atoms with Gasteiger partial charge in [-0.25, -0.2) is 8.78 Å². The van der Waals surface area contributed by atoms with Crippen molar-refractivity contribution in [1.82, 2.24) is 36.1 Å². The quantitative estimate of drug-likeness (QED) is 0.0105. The second-order valence-electron chi connectivity index (χ2n) is 24.7. The zero-order chi connectivity index (χ0) is 73.3. The van der Waals surface area contributed by atoms with Crippen molar-refractivity contribution in [3.8, 4) is 17.2 Å². The molecule has 0 saturated carbocycles. The Morgan fingerprint density at radius 3 is 1.89 bits per heavy atom. The second-order valence-corrected chi connectivity index (χ2v) is 26.4. The molecule has 0 aliphatic carbocycles. The van der Waals surface area contributed by atoms with Gasteiger partial charge in [-0.1, -0.05) is 91.0 Å². The Labute approximate surface area is 592 Å². The number of fused-ring (bicyclic) bond motifs is 2. The van der Waals surface area contributed by atoms with Crippen molar-refractivity contribution in [1.29, 1.82) is 0 Å². The molecule has 2 aliphatic rings. The lowest BCUT2D eigenvalue weighted by atomic mass is 9.98. The number of alkyl halides is 2. The van der Waals surface area contributed by atoms with Crippen LogP contribution in [0.2, 0.25) is 0 Å². The van der Waals surface area contributed by atoms with Crippen LogP contribution in [0.3, 0.4) is 0 Å². The molecule has 6 amide bonds. The number of hydrogen-bond donors (Lipinski definition) is 9. The summed E-state index contributed by atoms with van der Waals surface area (Å²) >= 11 is 0. The molecule has 2 aliphatic heterocycles. The number of aromatic amines is 1. The van der Waals surface area contributed by atoms with E-state index < -0.39 is 84.7 Å². The number of nitrogens with two attached hydrogens (primary N) is 1. The van der Waals surface area contributed by atoms with Crippen molar-refractivity contribution in [2.75, 3.05) is 85.6 Å². The van der Waals surface area contributed by atoms with Gasteiger partial charge in [-0.2, -0.15) is 8.78 Å². The van der Waals surface area contributed by atoms with Crippen LogP contribution >= 0.6 is 7.60 Å². The van der Waals surface area contributed by atoms with Gasteiger partial charge in [0.05, 0.1) is 52.3 Å². The van der Waals surface area contributed by atoms with Gasteiger partial charge in [0, 0.05) is 74.2 Å². The highest BCUT2D eigenvalue weighted by Crippen LogP contribution is 2.59. The number of amides is 6. The van der Waals surface area contributed by atoms with Crippen LogP contribution in [0.1, 0.15) is 89.3 Å². The highest BCUT2D eigenvalue weighted by molar-refractivity contribution is 7.52. The van der Waals surface area contributed by atoms with Crippen molar-refractivity contribution in [3.05, 3.63) is 197 Å². The number of primary amides is 1. The third-order valence-electron chi connectivity index (χ3n) is 17.2. The zero-order valence-electron chi connectivity index (χ0n) is 56.4. The number of hydrogen-bond acceptors (Lipinski definition) is 16. The van der Waals surface area contributed by atoms with E-state index in [-0.39, 0.29) is 145 Å². The van der Waals surface area contributed by atoms with Crippen LogP contribution < -0.4 is 41.2 Å². The van der Waals surface area contributed by atoms with E-state index in [2.05, 4.69) is 26.3 Å². The third kappa shape index (κ3) is 23.1. The molecule has 6 aromatic carbocycles. The number of H-pyrrole nitrogens is 1. The van der Waals surface area contributed by atoms with Crippen molar-refractivity contribution in [3.63, 3.8) is 0 Å². The number of carbonyl (C=O) groups is 6. The molecule has 25 nitrogen and oxygen atoms in total. The number of aliphatic hydroxyl groups is 1. The smallest absolute Gasteiger partial charge is 0.399 e. The van der Waals surface area contributed by atoms with Gasteiger partial charge in [0.2, 0.25) is 29.5 Å². The summed E-state index contributed by atoms with van der Waals surface area (Å²) in [5.41, 5.74) is 2.87. The summed E-state index contributed by atoms with van der Waals surface area (Å²) in [4.78, 5) is 108. The summed E-state index contributed by atoms with van der Waals surface area (Å²) in [6, 6.07) is 33.7. The second kappa shape index (κ2) is 38.3. The van der Waals surface area contributed by atoms with Gasteiger partial charge < -0.3 is 89.8 Å². The number of aliphatic hydroxyl groups excluding tert-OH is 1. The van der Waals surface area contributed by atoms with Gasteiger partial charge >= 0.3 is 13.3 Å². The predicted molar refractivity (Wildman–Crippen MR) is 368 cm³/mol. The Hall–Kier alpha value is -9.29. The maximum atomic E-state index is 15.0. The standard InChI is InChI=1S/C73H85F4N8O17P/c74-54-18-13-48(14-19-54)45-101-64-27-23-58(42-65(64)102-46-49-15-20-55(75)21-16-49)100-47-57(86)43-79-30-33-97-35-37-99-39-38-98-36-34-96-32-7-12-67(88)84-31-29-56-22-26-63(71(91)81-60(25-28-66(78)87)69(89)83-68(50-8-3-1-4-9-50)51-10-5-2-6-11-51)85(56)72(92)62(44-84)82-70(90)61-41-52-40-53(17-24-59(52)80-61)73(76,77)103(93,94)95/h1-6,8-11,13-21,23-24,27,40-42,56-57,60,62-63,68,79-80,86H,7,12,22,25-26,28-39,43-47H2,(H2,78,87)(H,81,91)(H,82,90)(H,83,89)(H2,93,94,95)/t56?,57-,60?,62+,63+/m1/s1. The van der Waals surface area contributed by atoms with E-state index in [1.54, 1.807) is 42.5 Å². The van der Waals surface area contributed by atoms with Crippen LogP contribution in [-0.2, 0) is 66.4 Å². The fourth-order valence-corrected chi connectivity index (χ4v) is 12.2. The molecular formula is C73H85F4N8O17P. The molecule has 10 N–H and O–H groups in total. The molecule has 30 heteroatoms. The highest BCUT2D eigenvalue weighted by atomic mass is 31.2. The maximum absolute atomic E-state index is 15.0. The summed E-state index contributed by atoms with van der Waals surface area (Å²) in [7, 11) is -5.95. The number of halogens is 4. The van der Waals surface area contributed by atoms with Crippen molar-refractivity contribution >= 4 is 53.9 Å². The number of aromatic nitrogens is 1. The first-order valence-corrected chi connectivity index (χ1v) is 35.4. The zero-order valence-corrected chi connectivity index (χ0v) is 57.3. The molecule has 0 radical (unpaired) electrons. The number of benzene rings is 6. The average molecular weight is 1450 g/mol. The lowest BCUT2D eigenvalue weighted by Gasteiger charge is -2.39. The number of nitrogens with zero attached hydrogens (tertiary/aromatic N) is 2. The van der Waals surface area contributed by atoms with E-state index in [0.29, 0.717) is 50.0 Å². The number of nitrogens with one attached hydrogen (secondary N) is 5.